The van der Waals surface area contributed by atoms with Gasteiger partial charge in [-0.15, -0.1) is 0 Å². The van der Waals surface area contributed by atoms with Crippen molar-refractivity contribution in [2.24, 2.45) is 0 Å². The molecule has 4 aromatic rings. The van der Waals surface area contributed by atoms with Gasteiger partial charge in [-0.25, -0.2) is 9.97 Å². The van der Waals surface area contributed by atoms with Crippen LogP contribution in [-0.4, -0.2) is 30.8 Å². The molecule has 4 rings (SSSR count). The van der Waals surface area contributed by atoms with Crippen LogP contribution in [0.15, 0.2) is 60.7 Å². The Hall–Kier alpha value is -3.64. The average molecular weight is 458 g/mol. The molecule has 0 aliphatic heterocycles. The highest BCUT2D eigenvalue weighted by Gasteiger charge is 2.15. The molecule has 0 bridgehead atoms. The summed E-state index contributed by atoms with van der Waals surface area (Å²) in [7, 11) is 3.25. The van der Waals surface area contributed by atoms with Gasteiger partial charge in [0.2, 0.25) is 0 Å². The number of hydrogen-bond donors (Lipinski definition) is 1. The Bertz CT molecular complexity index is 1290. The normalized spacial score (nSPS) is 11.9. The molecule has 6 heteroatoms. The summed E-state index contributed by atoms with van der Waals surface area (Å²) in [4.78, 5) is 9.28. The molecule has 0 saturated heterocycles. The number of nitrogens with zero attached hydrogens (tertiary/aromatic N) is 2. The molecule has 0 amide bonds. The zero-order chi connectivity index (χ0) is 24.1. The van der Waals surface area contributed by atoms with E-state index in [4.69, 9.17) is 19.2 Å². The van der Waals surface area contributed by atoms with Crippen LogP contribution in [0.5, 0.6) is 11.5 Å². The van der Waals surface area contributed by atoms with Gasteiger partial charge in [0.05, 0.1) is 26.3 Å². The summed E-state index contributed by atoms with van der Waals surface area (Å²) < 4.78 is 16.6. The largest absolute Gasteiger partial charge is 0.493 e. The molecule has 0 aliphatic rings. The number of hydrogen-bond acceptors (Lipinski definition) is 6. The minimum Gasteiger partial charge on any atom is -0.493 e. The van der Waals surface area contributed by atoms with Gasteiger partial charge in [-0.1, -0.05) is 42.5 Å². The van der Waals surface area contributed by atoms with E-state index in [1.54, 1.807) is 14.2 Å². The first-order valence-electron chi connectivity index (χ1n) is 11.5. The fourth-order valence-electron chi connectivity index (χ4n) is 4.09. The number of rotatable bonds is 9. The van der Waals surface area contributed by atoms with Crippen LogP contribution < -0.4 is 14.8 Å². The van der Waals surface area contributed by atoms with E-state index >= 15 is 0 Å². The van der Waals surface area contributed by atoms with E-state index in [-0.39, 0.29) is 6.04 Å². The Morgan fingerprint density at radius 1 is 0.912 bits per heavy atom. The SMILES string of the molecule is CCOCc1ccccc1-c1cccc([C@@H](C)Nc2nc(C)nc3cc(OC)c(OC)cc23)c1. The summed E-state index contributed by atoms with van der Waals surface area (Å²) in [6, 6.07) is 20.8. The van der Waals surface area contributed by atoms with Crippen molar-refractivity contribution in [2.45, 2.75) is 33.4 Å². The lowest BCUT2D eigenvalue weighted by molar-refractivity contribution is 0.134. The predicted molar refractivity (Wildman–Crippen MR) is 137 cm³/mol. The summed E-state index contributed by atoms with van der Waals surface area (Å²) in [6.07, 6.45) is 0. The van der Waals surface area contributed by atoms with Crippen molar-refractivity contribution in [2.75, 3.05) is 26.1 Å². The van der Waals surface area contributed by atoms with Crippen LogP contribution in [0.1, 0.15) is 36.8 Å². The number of methoxy groups -OCH3 is 2. The van der Waals surface area contributed by atoms with Crippen LogP contribution in [0.2, 0.25) is 0 Å². The van der Waals surface area contributed by atoms with Crippen molar-refractivity contribution in [1.29, 1.82) is 0 Å². The summed E-state index contributed by atoms with van der Waals surface area (Å²) in [5.41, 5.74) is 5.49. The molecule has 3 aromatic carbocycles. The number of aryl methyl sites for hydroxylation is 1. The molecule has 0 unspecified atom stereocenters. The van der Waals surface area contributed by atoms with E-state index in [1.165, 1.54) is 11.1 Å². The van der Waals surface area contributed by atoms with Gasteiger partial charge in [0, 0.05) is 24.1 Å². The van der Waals surface area contributed by atoms with E-state index < -0.39 is 0 Å². The summed E-state index contributed by atoms with van der Waals surface area (Å²) >= 11 is 0. The lowest BCUT2D eigenvalue weighted by Gasteiger charge is -2.19. The molecule has 0 aliphatic carbocycles. The molecule has 0 fully saturated rings. The van der Waals surface area contributed by atoms with Crippen molar-refractivity contribution in [3.05, 3.63) is 77.6 Å². The number of anilines is 1. The maximum atomic E-state index is 5.68. The Morgan fingerprint density at radius 2 is 1.68 bits per heavy atom. The van der Waals surface area contributed by atoms with Gasteiger partial charge in [-0.2, -0.15) is 0 Å². The van der Waals surface area contributed by atoms with Gasteiger partial charge < -0.3 is 19.5 Å². The molecule has 1 heterocycles. The standard InChI is InChI=1S/C28H31N3O3/c1-6-34-17-22-10-7-8-13-23(22)21-12-9-11-20(14-21)18(2)29-28-24-15-26(32-4)27(33-5)16-25(24)30-19(3)31-28/h7-16,18H,6,17H2,1-5H3,(H,29,30,31)/t18-/m1/s1. The van der Waals surface area contributed by atoms with Crippen molar-refractivity contribution in [1.82, 2.24) is 9.97 Å². The van der Waals surface area contributed by atoms with E-state index in [0.29, 0.717) is 30.5 Å². The van der Waals surface area contributed by atoms with Crippen LogP contribution in [0.4, 0.5) is 5.82 Å². The maximum Gasteiger partial charge on any atom is 0.162 e. The highest BCUT2D eigenvalue weighted by atomic mass is 16.5. The van der Waals surface area contributed by atoms with Gasteiger partial charge in [-0.05, 0) is 55.2 Å². The fraction of sp³-hybridized carbons (Fsp3) is 0.286. The molecule has 176 valence electrons. The summed E-state index contributed by atoms with van der Waals surface area (Å²) in [5, 5.41) is 4.47. The van der Waals surface area contributed by atoms with Gasteiger partial charge >= 0.3 is 0 Å². The van der Waals surface area contributed by atoms with E-state index in [9.17, 15) is 0 Å². The second kappa shape index (κ2) is 10.5. The van der Waals surface area contributed by atoms with Crippen LogP contribution in [0, 0.1) is 6.92 Å². The van der Waals surface area contributed by atoms with Crippen LogP contribution in [0.25, 0.3) is 22.0 Å². The third-order valence-electron chi connectivity index (χ3n) is 5.84. The summed E-state index contributed by atoms with van der Waals surface area (Å²) in [5.74, 6) is 2.74. The minimum absolute atomic E-state index is 0.0181. The van der Waals surface area contributed by atoms with Gasteiger partial charge in [0.15, 0.2) is 11.5 Å². The van der Waals surface area contributed by atoms with Crippen LogP contribution >= 0.6 is 0 Å². The third kappa shape index (κ3) is 4.97. The molecule has 0 radical (unpaired) electrons. The van der Waals surface area contributed by atoms with Gasteiger partial charge in [0.25, 0.3) is 0 Å². The molecule has 6 nitrogen and oxygen atoms in total. The molecule has 1 atom stereocenters. The van der Waals surface area contributed by atoms with E-state index in [2.05, 4.69) is 65.8 Å². The lowest BCUT2D eigenvalue weighted by atomic mass is 9.96. The molecular formula is C28H31N3O3. The smallest absolute Gasteiger partial charge is 0.162 e. The molecule has 34 heavy (non-hydrogen) atoms. The molecule has 0 spiro atoms. The van der Waals surface area contributed by atoms with Crippen LogP contribution in [0.3, 0.4) is 0 Å². The summed E-state index contributed by atoms with van der Waals surface area (Å²) in [6.45, 7) is 7.33. The average Bonchev–Trinajstić information content (AvgIpc) is 2.86. The Balaban J connectivity index is 1.67. The maximum absolute atomic E-state index is 5.68. The lowest BCUT2D eigenvalue weighted by Crippen LogP contribution is -2.10. The first-order chi connectivity index (χ1) is 16.5. The molecule has 0 saturated carbocycles. The molecular weight excluding hydrogens is 426 g/mol. The predicted octanol–water partition coefficient (Wildman–Crippen LogP) is 6.33. The number of fused-ring (bicyclic) bond motifs is 1. The Morgan fingerprint density at radius 3 is 2.44 bits per heavy atom. The first kappa shape index (κ1) is 23.5. The van der Waals surface area contributed by atoms with E-state index in [1.807, 2.05) is 26.0 Å². The zero-order valence-electron chi connectivity index (χ0n) is 20.4. The van der Waals surface area contributed by atoms with Crippen molar-refractivity contribution >= 4 is 16.7 Å². The highest BCUT2D eigenvalue weighted by Crippen LogP contribution is 2.35. The monoisotopic (exact) mass is 457 g/mol. The third-order valence-corrected chi connectivity index (χ3v) is 5.84. The number of benzene rings is 3. The first-order valence-corrected chi connectivity index (χ1v) is 11.5. The fourth-order valence-corrected chi connectivity index (χ4v) is 4.09. The topological polar surface area (TPSA) is 65.5 Å². The van der Waals surface area contributed by atoms with Gasteiger partial charge in [-0.3, -0.25) is 0 Å². The van der Waals surface area contributed by atoms with E-state index in [0.717, 1.165) is 27.8 Å². The quantitative estimate of drug-likeness (QED) is 0.317. The van der Waals surface area contributed by atoms with Crippen molar-refractivity contribution in [3.8, 4) is 22.6 Å². The second-order valence-electron chi connectivity index (χ2n) is 8.13. The van der Waals surface area contributed by atoms with Crippen molar-refractivity contribution < 1.29 is 14.2 Å². The Kier molecular flexibility index (Phi) is 7.28. The van der Waals surface area contributed by atoms with Gasteiger partial charge in [0.1, 0.15) is 11.6 Å². The van der Waals surface area contributed by atoms with Crippen molar-refractivity contribution in [3.63, 3.8) is 0 Å². The highest BCUT2D eigenvalue weighted by molar-refractivity contribution is 5.92. The Labute approximate surface area is 200 Å². The molecule has 1 aromatic heterocycles. The van der Waals surface area contributed by atoms with Crippen LogP contribution in [-0.2, 0) is 11.3 Å². The minimum atomic E-state index is 0.0181. The number of aromatic nitrogens is 2. The molecule has 1 N–H and O–H groups in total. The number of ether oxygens (including phenoxy) is 3. The second-order valence-corrected chi connectivity index (χ2v) is 8.13. The number of nitrogens with one attached hydrogen (secondary N) is 1. The zero-order valence-corrected chi connectivity index (χ0v) is 20.4.